The third-order valence-corrected chi connectivity index (χ3v) is 6.26. The molecule has 1 aromatic carbocycles. The van der Waals surface area contributed by atoms with Gasteiger partial charge in [0.05, 0.1) is 5.39 Å². The Morgan fingerprint density at radius 3 is 2.46 bits per heavy atom. The Balaban J connectivity index is 2.44. The highest BCUT2D eigenvalue weighted by Gasteiger charge is 2.33. The number of nitrogens with zero attached hydrogens (tertiary/aromatic N) is 2. The third-order valence-electron chi connectivity index (χ3n) is 4.50. The number of carboxylic acid groups (broad SMARTS) is 1. The second-order valence-corrected chi connectivity index (χ2v) is 8.60. The summed E-state index contributed by atoms with van der Waals surface area (Å²) in [5.41, 5.74) is 0.0909. The van der Waals surface area contributed by atoms with Gasteiger partial charge in [-0.05, 0) is 44.9 Å². The molecule has 0 unspecified atom stereocenters. The van der Waals surface area contributed by atoms with Crippen molar-refractivity contribution < 1.29 is 9.90 Å². The number of rotatable bonds is 4. The first kappa shape index (κ1) is 18.8. The smallest absolute Gasteiger partial charge is 0.329 e. The van der Waals surface area contributed by atoms with Gasteiger partial charge in [0.2, 0.25) is 0 Å². The summed E-state index contributed by atoms with van der Waals surface area (Å²) < 4.78 is 2.24. The molecule has 0 bridgehead atoms. The van der Waals surface area contributed by atoms with Crippen LogP contribution in [0.1, 0.15) is 31.5 Å². The van der Waals surface area contributed by atoms with E-state index in [0.29, 0.717) is 16.0 Å². The predicted molar refractivity (Wildman–Crippen MR) is 108 cm³/mol. The highest BCUT2D eigenvalue weighted by atomic mass is 79.9. The van der Waals surface area contributed by atoms with Gasteiger partial charge in [-0.15, -0.1) is 11.3 Å². The van der Waals surface area contributed by atoms with Gasteiger partial charge in [-0.1, -0.05) is 35.0 Å². The van der Waals surface area contributed by atoms with E-state index in [1.54, 1.807) is 6.92 Å². The lowest BCUT2D eigenvalue weighted by Crippen LogP contribution is -2.44. The maximum Gasteiger partial charge on any atom is 0.329 e. The molecule has 5 nitrogen and oxygen atoms in total. The van der Waals surface area contributed by atoms with E-state index >= 15 is 0 Å². The van der Waals surface area contributed by atoms with Gasteiger partial charge in [0.25, 0.3) is 5.56 Å². The number of thiophene rings is 1. The van der Waals surface area contributed by atoms with Gasteiger partial charge in [-0.25, -0.2) is 9.78 Å². The van der Waals surface area contributed by atoms with Crippen LogP contribution in [0.15, 0.2) is 33.5 Å². The monoisotopic (exact) mass is 434 g/mol. The van der Waals surface area contributed by atoms with Gasteiger partial charge in [0.15, 0.2) is 0 Å². The summed E-state index contributed by atoms with van der Waals surface area (Å²) >= 11 is 4.93. The molecule has 1 N–H and O–H groups in total. The van der Waals surface area contributed by atoms with Crippen LogP contribution in [0.5, 0.6) is 0 Å². The van der Waals surface area contributed by atoms with E-state index in [-0.39, 0.29) is 5.56 Å². The number of fused-ring (bicyclic) bond motifs is 1. The Bertz CT molecular complexity index is 1070. The summed E-state index contributed by atoms with van der Waals surface area (Å²) in [5, 5.41) is 10.1. The third kappa shape index (κ3) is 2.89. The average molecular weight is 435 g/mol. The Kier molecular flexibility index (Phi) is 4.79. The largest absolute Gasteiger partial charge is 0.480 e. The van der Waals surface area contributed by atoms with Crippen LogP contribution in [0.2, 0.25) is 0 Å². The number of halogens is 1. The normalized spacial score (nSPS) is 11.9. The van der Waals surface area contributed by atoms with Crippen LogP contribution < -0.4 is 5.56 Å². The Labute approximate surface area is 163 Å². The molecule has 0 fully saturated rings. The lowest BCUT2D eigenvalue weighted by molar-refractivity contribution is -0.145. The molecule has 2 heterocycles. The second-order valence-electron chi connectivity index (χ2n) is 6.60. The molecular formula is C19H19BrN2O3S. The summed E-state index contributed by atoms with van der Waals surface area (Å²) in [6.45, 7) is 6.75. The molecule has 0 aliphatic rings. The van der Waals surface area contributed by atoms with E-state index in [9.17, 15) is 14.7 Å². The molecular weight excluding hydrogens is 416 g/mol. The van der Waals surface area contributed by atoms with Crippen LogP contribution in [-0.2, 0) is 16.8 Å². The van der Waals surface area contributed by atoms with E-state index in [0.717, 1.165) is 26.9 Å². The SMILES string of the molecule is CCc1sc2nc(C)n(C(C)(C)C(=O)O)c(=O)c2c1-c1ccc(Br)cc1. The summed E-state index contributed by atoms with van der Waals surface area (Å²) in [6, 6.07) is 7.77. The van der Waals surface area contributed by atoms with Crippen LogP contribution in [0, 0.1) is 6.92 Å². The standard InChI is InChI=1S/C19H19BrN2O3S/c1-5-13-14(11-6-8-12(20)9-7-11)15-16(26-13)21-10(2)22(17(15)23)19(3,4)18(24)25/h6-9H,5H2,1-4H3,(H,24,25). The molecule has 0 aliphatic carbocycles. The van der Waals surface area contributed by atoms with Crippen molar-refractivity contribution in [3.05, 3.63) is 49.8 Å². The zero-order chi connectivity index (χ0) is 19.2. The zero-order valence-electron chi connectivity index (χ0n) is 15.0. The van der Waals surface area contributed by atoms with Crippen molar-refractivity contribution in [2.24, 2.45) is 0 Å². The molecule has 0 aliphatic heterocycles. The molecule has 26 heavy (non-hydrogen) atoms. The molecule has 0 amide bonds. The van der Waals surface area contributed by atoms with Crippen molar-refractivity contribution in [3.63, 3.8) is 0 Å². The fourth-order valence-corrected chi connectivity index (χ4v) is 4.56. The predicted octanol–water partition coefficient (Wildman–Crippen LogP) is 4.58. The van der Waals surface area contributed by atoms with E-state index in [1.165, 1.54) is 29.8 Å². The molecule has 0 saturated carbocycles. The van der Waals surface area contributed by atoms with E-state index in [4.69, 9.17) is 0 Å². The molecule has 0 atom stereocenters. The summed E-state index contributed by atoms with van der Waals surface area (Å²) in [5.74, 6) is -0.666. The van der Waals surface area contributed by atoms with E-state index < -0.39 is 11.5 Å². The zero-order valence-corrected chi connectivity index (χ0v) is 17.4. The number of carboxylic acids is 1. The van der Waals surface area contributed by atoms with Crippen molar-refractivity contribution in [2.75, 3.05) is 0 Å². The molecule has 3 rings (SSSR count). The van der Waals surface area contributed by atoms with Gasteiger partial charge in [-0.2, -0.15) is 0 Å². The number of aryl methyl sites for hydroxylation is 2. The maximum atomic E-state index is 13.3. The lowest BCUT2D eigenvalue weighted by Gasteiger charge is -2.24. The van der Waals surface area contributed by atoms with Crippen LogP contribution in [0.4, 0.5) is 0 Å². The van der Waals surface area contributed by atoms with E-state index in [1.807, 2.05) is 31.2 Å². The summed E-state index contributed by atoms with van der Waals surface area (Å²) in [6.07, 6.45) is 0.771. The van der Waals surface area contributed by atoms with Crippen molar-refractivity contribution in [1.29, 1.82) is 0 Å². The quantitative estimate of drug-likeness (QED) is 0.651. The lowest BCUT2D eigenvalue weighted by atomic mass is 10.0. The number of hydrogen-bond donors (Lipinski definition) is 1. The van der Waals surface area contributed by atoms with Gasteiger partial charge in [0, 0.05) is 14.9 Å². The average Bonchev–Trinajstić information content (AvgIpc) is 2.93. The number of hydrogen-bond acceptors (Lipinski definition) is 4. The Morgan fingerprint density at radius 1 is 1.31 bits per heavy atom. The van der Waals surface area contributed by atoms with Crippen molar-refractivity contribution in [2.45, 2.75) is 39.7 Å². The second kappa shape index (κ2) is 6.63. The van der Waals surface area contributed by atoms with Crippen LogP contribution in [0.25, 0.3) is 21.3 Å². The fraction of sp³-hybridized carbons (Fsp3) is 0.316. The van der Waals surface area contributed by atoms with Crippen molar-refractivity contribution >= 4 is 43.5 Å². The first-order chi connectivity index (χ1) is 12.2. The first-order valence-corrected chi connectivity index (χ1v) is 9.84. The maximum absolute atomic E-state index is 13.3. The minimum absolute atomic E-state index is 0.311. The number of carbonyl (C=O) groups is 1. The van der Waals surface area contributed by atoms with E-state index in [2.05, 4.69) is 20.9 Å². The number of aliphatic carboxylic acids is 1. The van der Waals surface area contributed by atoms with Crippen LogP contribution >= 0.6 is 27.3 Å². The van der Waals surface area contributed by atoms with Gasteiger partial charge in [0.1, 0.15) is 16.2 Å². The fourth-order valence-electron chi connectivity index (χ4n) is 3.12. The molecule has 0 spiro atoms. The molecule has 3 aromatic rings. The van der Waals surface area contributed by atoms with Gasteiger partial charge < -0.3 is 5.11 Å². The van der Waals surface area contributed by atoms with Crippen LogP contribution in [0.3, 0.4) is 0 Å². The Hall–Kier alpha value is -1.99. The molecule has 2 aromatic heterocycles. The molecule has 136 valence electrons. The highest BCUT2D eigenvalue weighted by Crippen LogP contribution is 2.37. The molecule has 0 saturated heterocycles. The minimum atomic E-state index is -1.38. The highest BCUT2D eigenvalue weighted by molar-refractivity contribution is 9.10. The topological polar surface area (TPSA) is 72.2 Å². The number of aromatic nitrogens is 2. The van der Waals surface area contributed by atoms with Crippen molar-refractivity contribution in [3.8, 4) is 11.1 Å². The number of benzene rings is 1. The summed E-state index contributed by atoms with van der Waals surface area (Å²) in [4.78, 5) is 31.4. The molecule has 7 heteroatoms. The van der Waals surface area contributed by atoms with Gasteiger partial charge >= 0.3 is 5.97 Å². The minimum Gasteiger partial charge on any atom is -0.480 e. The van der Waals surface area contributed by atoms with Crippen molar-refractivity contribution in [1.82, 2.24) is 9.55 Å². The first-order valence-electron chi connectivity index (χ1n) is 8.23. The van der Waals surface area contributed by atoms with Gasteiger partial charge in [-0.3, -0.25) is 9.36 Å². The summed E-state index contributed by atoms with van der Waals surface area (Å²) in [7, 11) is 0. The van der Waals surface area contributed by atoms with Crippen LogP contribution in [-0.4, -0.2) is 20.6 Å². The molecule has 0 radical (unpaired) electrons. The Morgan fingerprint density at radius 2 is 1.92 bits per heavy atom.